The monoisotopic (exact) mass is 370 g/mol. The first-order valence-corrected chi connectivity index (χ1v) is 10.3. The molecule has 0 spiro atoms. The summed E-state index contributed by atoms with van der Waals surface area (Å²) < 4.78 is 5.25. The molecule has 1 aromatic carbocycles. The summed E-state index contributed by atoms with van der Waals surface area (Å²) in [5.74, 6) is 1.06. The molecule has 0 saturated carbocycles. The first-order chi connectivity index (χ1) is 13.3. The number of hydrogen-bond acceptors (Lipinski definition) is 3. The van der Waals surface area contributed by atoms with Gasteiger partial charge in [0, 0.05) is 39.3 Å². The van der Waals surface area contributed by atoms with Gasteiger partial charge in [-0.2, -0.15) is 0 Å². The third kappa shape index (κ3) is 5.56. The van der Waals surface area contributed by atoms with Crippen molar-refractivity contribution in [3.05, 3.63) is 42.0 Å². The van der Waals surface area contributed by atoms with E-state index in [2.05, 4.69) is 58.4 Å². The Balaban J connectivity index is 1.60. The zero-order valence-electron chi connectivity index (χ0n) is 16.9. The fourth-order valence-electron chi connectivity index (χ4n) is 4.00. The Labute approximate surface area is 164 Å². The Kier molecular flexibility index (Phi) is 7.72. The van der Waals surface area contributed by atoms with Gasteiger partial charge >= 0.3 is 0 Å². The van der Waals surface area contributed by atoms with Crippen LogP contribution in [0, 0.1) is 0 Å². The van der Waals surface area contributed by atoms with Gasteiger partial charge in [-0.3, -0.25) is 9.89 Å². The highest BCUT2D eigenvalue weighted by molar-refractivity contribution is 5.81. The molecule has 148 valence electrons. The van der Waals surface area contributed by atoms with Gasteiger partial charge in [-0.05, 0) is 43.9 Å². The third-order valence-electron chi connectivity index (χ3n) is 5.52. The van der Waals surface area contributed by atoms with Crippen LogP contribution in [0.25, 0.3) is 5.57 Å². The number of benzene rings is 1. The van der Waals surface area contributed by atoms with E-state index in [0.717, 1.165) is 51.7 Å². The summed E-state index contributed by atoms with van der Waals surface area (Å²) in [4.78, 5) is 9.90. The van der Waals surface area contributed by atoms with Crippen molar-refractivity contribution >= 4 is 11.5 Å². The molecule has 1 atom stereocenters. The molecule has 1 unspecified atom stereocenters. The molecule has 1 fully saturated rings. The maximum absolute atomic E-state index is 5.25. The van der Waals surface area contributed by atoms with Crippen LogP contribution in [0.3, 0.4) is 0 Å². The molecule has 0 radical (unpaired) electrons. The summed E-state index contributed by atoms with van der Waals surface area (Å²) in [5, 5.41) is 3.49. The number of methoxy groups -OCH3 is 1. The molecule has 2 aliphatic heterocycles. The van der Waals surface area contributed by atoms with E-state index >= 15 is 0 Å². The summed E-state index contributed by atoms with van der Waals surface area (Å²) in [6.45, 7) is 8.86. The quantitative estimate of drug-likeness (QED) is 0.592. The molecule has 0 amide bonds. The van der Waals surface area contributed by atoms with Crippen LogP contribution in [0.15, 0.2) is 41.4 Å². The van der Waals surface area contributed by atoms with Crippen LogP contribution in [-0.4, -0.2) is 74.8 Å². The van der Waals surface area contributed by atoms with Gasteiger partial charge in [-0.15, -0.1) is 0 Å². The molecule has 5 heteroatoms. The number of rotatable bonds is 7. The number of likely N-dealkylation sites (tertiary alicyclic amines) is 1. The van der Waals surface area contributed by atoms with Gasteiger partial charge in [0.2, 0.25) is 0 Å². The van der Waals surface area contributed by atoms with Gasteiger partial charge in [0.1, 0.15) is 0 Å². The van der Waals surface area contributed by atoms with Crippen LogP contribution in [-0.2, 0) is 4.74 Å². The predicted molar refractivity (Wildman–Crippen MR) is 113 cm³/mol. The Bertz CT molecular complexity index is 628. The van der Waals surface area contributed by atoms with Crippen LogP contribution in [0.1, 0.15) is 31.7 Å². The minimum Gasteiger partial charge on any atom is -0.383 e. The van der Waals surface area contributed by atoms with Crippen molar-refractivity contribution < 1.29 is 4.74 Å². The maximum Gasteiger partial charge on any atom is 0.194 e. The fourth-order valence-corrected chi connectivity index (χ4v) is 4.00. The van der Waals surface area contributed by atoms with Crippen molar-refractivity contribution in [2.45, 2.75) is 32.2 Å². The fraction of sp³-hybridized carbons (Fsp3) is 0.591. The normalized spacial score (nSPS) is 21.4. The molecular formula is C22H34N4O. The maximum atomic E-state index is 5.25. The van der Waals surface area contributed by atoms with Crippen molar-refractivity contribution in [1.82, 2.24) is 15.1 Å². The second-order valence-electron chi connectivity index (χ2n) is 7.31. The highest BCUT2D eigenvalue weighted by Gasteiger charge is 2.24. The molecule has 3 rings (SSSR count). The number of aliphatic imine (C=N–C) groups is 1. The SMILES string of the molecule is CCNC(=NCC1CCCN1CCOC)N1CC=C(c2ccccc2)CC1. The van der Waals surface area contributed by atoms with E-state index in [1.165, 1.54) is 30.5 Å². The number of guanidine groups is 1. The Morgan fingerprint density at radius 1 is 1.26 bits per heavy atom. The van der Waals surface area contributed by atoms with Gasteiger partial charge in [0.25, 0.3) is 0 Å². The number of nitrogens with zero attached hydrogens (tertiary/aromatic N) is 3. The number of ether oxygens (including phenoxy) is 1. The summed E-state index contributed by atoms with van der Waals surface area (Å²) >= 11 is 0. The van der Waals surface area contributed by atoms with Crippen LogP contribution < -0.4 is 5.32 Å². The minimum absolute atomic E-state index is 0.550. The van der Waals surface area contributed by atoms with E-state index in [9.17, 15) is 0 Å². The summed E-state index contributed by atoms with van der Waals surface area (Å²) in [6.07, 6.45) is 5.93. The molecule has 2 heterocycles. The van der Waals surface area contributed by atoms with Crippen molar-refractivity contribution in [1.29, 1.82) is 0 Å². The topological polar surface area (TPSA) is 40.1 Å². The molecule has 2 aliphatic rings. The van der Waals surface area contributed by atoms with Gasteiger partial charge in [0.15, 0.2) is 5.96 Å². The molecule has 5 nitrogen and oxygen atoms in total. The van der Waals surface area contributed by atoms with Gasteiger partial charge in [-0.25, -0.2) is 0 Å². The molecule has 27 heavy (non-hydrogen) atoms. The van der Waals surface area contributed by atoms with E-state index < -0.39 is 0 Å². The van der Waals surface area contributed by atoms with E-state index in [0.29, 0.717) is 6.04 Å². The van der Waals surface area contributed by atoms with E-state index in [1.807, 2.05) is 0 Å². The zero-order chi connectivity index (χ0) is 18.9. The lowest BCUT2D eigenvalue weighted by Gasteiger charge is -2.30. The molecule has 0 aliphatic carbocycles. The summed E-state index contributed by atoms with van der Waals surface area (Å²) in [7, 11) is 1.78. The number of hydrogen-bond donors (Lipinski definition) is 1. The predicted octanol–water partition coefficient (Wildman–Crippen LogP) is 2.85. The Hall–Kier alpha value is -1.85. The molecule has 1 aromatic rings. The smallest absolute Gasteiger partial charge is 0.194 e. The van der Waals surface area contributed by atoms with E-state index in [1.54, 1.807) is 7.11 Å². The molecule has 1 saturated heterocycles. The van der Waals surface area contributed by atoms with Crippen LogP contribution in [0.2, 0.25) is 0 Å². The van der Waals surface area contributed by atoms with Crippen LogP contribution in [0.5, 0.6) is 0 Å². The van der Waals surface area contributed by atoms with Gasteiger partial charge in [0.05, 0.1) is 13.2 Å². The van der Waals surface area contributed by atoms with E-state index in [-0.39, 0.29) is 0 Å². The van der Waals surface area contributed by atoms with Crippen LogP contribution >= 0.6 is 0 Å². The summed E-state index contributed by atoms with van der Waals surface area (Å²) in [6, 6.07) is 11.3. The zero-order valence-corrected chi connectivity index (χ0v) is 16.9. The molecular weight excluding hydrogens is 336 g/mol. The van der Waals surface area contributed by atoms with Crippen molar-refractivity contribution in [2.75, 3.05) is 53.0 Å². The van der Waals surface area contributed by atoms with Gasteiger partial charge < -0.3 is 15.0 Å². The van der Waals surface area contributed by atoms with Gasteiger partial charge in [-0.1, -0.05) is 36.4 Å². The Morgan fingerprint density at radius 2 is 2.11 bits per heavy atom. The lowest BCUT2D eigenvalue weighted by Crippen LogP contribution is -2.44. The van der Waals surface area contributed by atoms with Crippen LogP contribution in [0.4, 0.5) is 0 Å². The molecule has 0 bridgehead atoms. The Morgan fingerprint density at radius 3 is 2.81 bits per heavy atom. The second-order valence-corrected chi connectivity index (χ2v) is 7.31. The lowest BCUT2D eigenvalue weighted by molar-refractivity contribution is 0.142. The van der Waals surface area contributed by atoms with E-state index in [4.69, 9.17) is 9.73 Å². The second kappa shape index (κ2) is 10.5. The van der Waals surface area contributed by atoms with Crippen molar-refractivity contribution in [3.8, 4) is 0 Å². The average Bonchev–Trinajstić information content (AvgIpc) is 3.17. The van der Waals surface area contributed by atoms with Crippen molar-refractivity contribution in [3.63, 3.8) is 0 Å². The standard InChI is InChI=1S/C22H34N4O/c1-3-23-22(24-18-21-10-7-13-25(21)16-17-27-2)26-14-11-20(12-15-26)19-8-5-4-6-9-19/h4-6,8-9,11,21H,3,7,10,12-18H2,1-2H3,(H,23,24). The molecule has 0 aromatic heterocycles. The third-order valence-corrected chi connectivity index (χ3v) is 5.52. The minimum atomic E-state index is 0.550. The van der Waals surface area contributed by atoms with Crippen molar-refractivity contribution in [2.24, 2.45) is 4.99 Å². The first-order valence-electron chi connectivity index (χ1n) is 10.3. The first kappa shape index (κ1) is 19.9. The lowest BCUT2D eigenvalue weighted by atomic mass is 10.00. The average molecular weight is 371 g/mol. The summed E-state index contributed by atoms with van der Waals surface area (Å²) in [5.41, 5.74) is 2.79. The largest absolute Gasteiger partial charge is 0.383 e. The highest BCUT2D eigenvalue weighted by Crippen LogP contribution is 2.22. The number of nitrogens with one attached hydrogen (secondary N) is 1. The highest BCUT2D eigenvalue weighted by atomic mass is 16.5. The molecule has 1 N–H and O–H groups in total.